The second kappa shape index (κ2) is 25.3. The summed E-state index contributed by atoms with van der Waals surface area (Å²) >= 11 is 6.84. The number of anilines is 2. The number of phenols is 2. The molecule has 0 bridgehead atoms. The molecule has 4 saturated heterocycles. The normalized spacial score (nSPS) is 20.4. The average molecular weight is 1150 g/mol. The van der Waals surface area contributed by atoms with Gasteiger partial charge in [-0.15, -0.1) is 10.2 Å². The summed E-state index contributed by atoms with van der Waals surface area (Å²) in [4.78, 5) is 53.0. The molecule has 19 nitrogen and oxygen atoms in total. The molecular weight excluding hydrogens is 1070 g/mol. The second-order valence-corrected chi connectivity index (χ2v) is 23.8. The molecule has 0 spiro atoms. The van der Waals surface area contributed by atoms with Crippen LogP contribution in [0.1, 0.15) is 85.4 Å². The number of carbonyl (C=O) groups excluding carboxylic acids is 2. The maximum atomic E-state index is 13.2. The summed E-state index contributed by atoms with van der Waals surface area (Å²) in [6.07, 6.45) is 5.58. The van der Waals surface area contributed by atoms with Gasteiger partial charge in [-0.1, -0.05) is 68.4 Å². The molecule has 83 heavy (non-hydrogen) atoms. The van der Waals surface area contributed by atoms with E-state index >= 15 is 0 Å². The minimum absolute atomic E-state index is 0.00365. The molecule has 3 atom stereocenters. The highest BCUT2D eigenvalue weighted by atomic mass is 35.5. The van der Waals surface area contributed by atoms with E-state index in [-0.39, 0.29) is 53.6 Å². The summed E-state index contributed by atoms with van der Waals surface area (Å²) in [7, 11) is 2.20. The van der Waals surface area contributed by atoms with Gasteiger partial charge in [0.1, 0.15) is 23.9 Å². The summed E-state index contributed by atoms with van der Waals surface area (Å²) in [6, 6.07) is 26.5. The first-order chi connectivity index (χ1) is 40.3. The number of nitriles is 1. The molecule has 0 saturated carbocycles. The zero-order valence-corrected chi connectivity index (χ0v) is 49.0. The number of nitrogens with zero attached hydrogens (tertiary/aromatic N) is 13. The summed E-state index contributed by atoms with van der Waals surface area (Å²) in [5, 5.41) is 45.6. The van der Waals surface area contributed by atoms with Crippen molar-refractivity contribution in [3.05, 3.63) is 119 Å². The number of halogens is 1. The van der Waals surface area contributed by atoms with Crippen molar-refractivity contribution in [1.82, 2.24) is 54.5 Å². The van der Waals surface area contributed by atoms with Crippen molar-refractivity contribution in [2.24, 2.45) is 5.92 Å². The third-order valence-corrected chi connectivity index (χ3v) is 18.1. The van der Waals surface area contributed by atoms with Gasteiger partial charge in [-0.2, -0.15) is 15.2 Å². The largest absolute Gasteiger partial charge is 0.508 e. The van der Waals surface area contributed by atoms with Crippen molar-refractivity contribution in [3.63, 3.8) is 0 Å². The molecule has 0 radical (unpaired) electrons. The van der Waals surface area contributed by atoms with E-state index in [1.54, 1.807) is 15.5 Å². The lowest BCUT2D eigenvalue weighted by molar-refractivity contribution is -0.128. The number of likely N-dealkylation sites (N-methyl/N-ethyl adjacent to an activating group) is 1. The number of nitrogens with one attached hydrogen (secondary N) is 1. The van der Waals surface area contributed by atoms with Gasteiger partial charge in [-0.05, 0) is 118 Å². The van der Waals surface area contributed by atoms with Crippen LogP contribution in [0.15, 0.2) is 85.5 Å². The molecule has 11 rings (SSSR count). The number of carbonyl (C=O) groups is 2. The molecule has 436 valence electrons. The van der Waals surface area contributed by atoms with Crippen LogP contribution in [0.4, 0.5) is 11.5 Å². The quantitative estimate of drug-likeness (QED) is 0.0759. The Bertz CT molecular complexity index is 3360. The minimum Gasteiger partial charge on any atom is -0.508 e. The van der Waals surface area contributed by atoms with Gasteiger partial charge in [-0.25, -0.2) is 0 Å². The lowest BCUT2D eigenvalue weighted by Crippen LogP contribution is -2.55. The fourth-order valence-corrected chi connectivity index (χ4v) is 13.5. The molecule has 4 aromatic carbocycles. The standard InChI is InChI=1S/C63H77ClN14O5/c1-6-57(81)77-31-30-76(38-46(77)18-22-65)59-49-21-25-75(54-13-9-11-44-10-8-12-52(64)58(44)54)39-53(49)67-63(68-59)83-40-48-32-47(37-71(48)5)74-28-26-73(27-29-74)36-43-19-23-72(24-20-43)35-42-14-16-45(17-15-42)78-60(69-70-61(78)62(82)66-7-2)51-33-50(41(3)4)55(79)34-56(51)80/h6,8-17,33-34,41,43,46-48,79-80H,1,7,18-21,23-32,35-40H2,2-5H3,(H,66,82)/t46-,47-,48-/m0/s1. The van der Waals surface area contributed by atoms with Crippen LogP contribution < -0.4 is 19.9 Å². The Balaban J connectivity index is 0.683. The van der Waals surface area contributed by atoms with Crippen LogP contribution in [-0.2, 0) is 24.3 Å². The van der Waals surface area contributed by atoms with Gasteiger partial charge >= 0.3 is 6.01 Å². The number of piperidine rings is 1. The average Bonchev–Trinajstić information content (AvgIpc) is 4.35. The van der Waals surface area contributed by atoms with E-state index in [2.05, 4.69) is 101 Å². The number of rotatable bonds is 17. The van der Waals surface area contributed by atoms with Crippen LogP contribution >= 0.6 is 11.6 Å². The Kier molecular flexibility index (Phi) is 17.5. The Labute approximate surface area is 491 Å². The number of ether oxygens (including phenoxy) is 1. The molecule has 5 aliphatic rings. The van der Waals surface area contributed by atoms with Crippen molar-refractivity contribution < 1.29 is 24.5 Å². The van der Waals surface area contributed by atoms with Crippen LogP contribution in [0.3, 0.4) is 0 Å². The molecule has 6 aromatic rings. The number of fused-ring (bicyclic) bond motifs is 2. The Hall–Kier alpha value is -7.34. The van der Waals surface area contributed by atoms with Crippen molar-refractivity contribution in [2.75, 3.05) is 109 Å². The molecule has 4 fully saturated rings. The van der Waals surface area contributed by atoms with Gasteiger partial charge in [0.15, 0.2) is 5.82 Å². The Morgan fingerprint density at radius 3 is 2.40 bits per heavy atom. The molecule has 20 heteroatoms. The van der Waals surface area contributed by atoms with Gasteiger partial charge in [0.25, 0.3) is 5.91 Å². The number of aromatic hydroxyl groups is 2. The highest BCUT2D eigenvalue weighted by Crippen LogP contribution is 2.40. The predicted octanol–water partition coefficient (Wildman–Crippen LogP) is 7.48. The maximum Gasteiger partial charge on any atom is 0.318 e. The van der Waals surface area contributed by atoms with E-state index in [4.69, 9.17) is 26.3 Å². The van der Waals surface area contributed by atoms with Crippen LogP contribution in [0.25, 0.3) is 27.8 Å². The first-order valence-electron chi connectivity index (χ1n) is 29.5. The molecule has 7 heterocycles. The maximum absolute atomic E-state index is 13.2. The van der Waals surface area contributed by atoms with E-state index in [1.807, 2.05) is 45.0 Å². The van der Waals surface area contributed by atoms with Gasteiger partial charge < -0.3 is 39.9 Å². The zero-order valence-electron chi connectivity index (χ0n) is 48.3. The van der Waals surface area contributed by atoms with Gasteiger partial charge in [-0.3, -0.25) is 28.9 Å². The third kappa shape index (κ3) is 12.3. The smallest absolute Gasteiger partial charge is 0.318 e. The van der Waals surface area contributed by atoms with E-state index in [1.165, 1.54) is 17.7 Å². The van der Waals surface area contributed by atoms with E-state index in [9.17, 15) is 25.1 Å². The number of hydrogen-bond donors (Lipinski definition) is 3. The summed E-state index contributed by atoms with van der Waals surface area (Å²) in [6.45, 7) is 22.4. The first-order valence-corrected chi connectivity index (χ1v) is 29.9. The molecule has 2 aromatic heterocycles. The van der Waals surface area contributed by atoms with Crippen molar-refractivity contribution in [3.8, 4) is 40.7 Å². The number of phenolic OH excluding ortho intramolecular Hbond substituents is 2. The van der Waals surface area contributed by atoms with E-state index in [0.717, 1.165) is 125 Å². The van der Waals surface area contributed by atoms with Crippen LogP contribution in [0, 0.1) is 17.2 Å². The fourth-order valence-electron chi connectivity index (χ4n) is 13.2. The van der Waals surface area contributed by atoms with Crippen LogP contribution in [0.2, 0.25) is 5.02 Å². The highest BCUT2D eigenvalue weighted by Gasteiger charge is 2.38. The lowest BCUT2D eigenvalue weighted by Gasteiger charge is -2.42. The third-order valence-electron chi connectivity index (χ3n) is 17.8. The van der Waals surface area contributed by atoms with Crippen LogP contribution in [-0.4, -0.2) is 188 Å². The number of hydrogen-bond acceptors (Lipinski definition) is 16. The van der Waals surface area contributed by atoms with Gasteiger partial charge in [0.05, 0.1) is 41.4 Å². The summed E-state index contributed by atoms with van der Waals surface area (Å²) in [5.74, 6) is 1.23. The monoisotopic (exact) mass is 1140 g/mol. The minimum atomic E-state index is -0.368. The van der Waals surface area contributed by atoms with Gasteiger partial charge in [0.2, 0.25) is 11.7 Å². The number of aromatic nitrogens is 5. The van der Waals surface area contributed by atoms with Crippen molar-refractivity contribution in [2.45, 2.75) is 90.0 Å². The Morgan fingerprint density at radius 2 is 1.66 bits per heavy atom. The second-order valence-electron chi connectivity index (χ2n) is 23.4. The van der Waals surface area contributed by atoms with Crippen molar-refractivity contribution >= 4 is 45.7 Å². The van der Waals surface area contributed by atoms with Crippen LogP contribution in [0.5, 0.6) is 17.5 Å². The van der Waals surface area contributed by atoms with Crippen molar-refractivity contribution in [1.29, 1.82) is 5.26 Å². The molecule has 0 aliphatic carbocycles. The fraction of sp³-hybridized carbons (Fsp3) is 0.476. The van der Waals surface area contributed by atoms with E-state index < -0.39 is 0 Å². The molecular formula is C63H77ClN14O5. The lowest BCUT2D eigenvalue weighted by atomic mass is 9.95. The number of amides is 2. The van der Waals surface area contributed by atoms with Gasteiger partial charge in [0, 0.05) is 119 Å². The molecule has 2 amide bonds. The highest BCUT2D eigenvalue weighted by molar-refractivity contribution is 6.36. The molecule has 3 N–H and O–H groups in total. The predicted molar refractivity (Wildman–Crippen MR) is 322 cm³/mol. The summed E-state index contributed by atoms with van der Waals surface area (Å²) < 4.78 is 8.34. The number of likely N-dealkylation sites (tertiary alicyclic amines) is 2. The number of piperazine rings is 2. The topological polar surface area (TPSA) is 199 Å². The number of benzene rings is 4. The summed E-state index contributed by atoms with van der Waals surface area (Å²) in [5.41, 5.74) is 5.98. The molecule has 0 unspecified atom stereocenters. The molecule has 5 aliphatic heterocycles. The van der Waals surface area contributed by atoms with E-state index in [0.29, 0.717) is 85.0 Å². The Morgan fingerprint density at radius 1 is 0.892 bits per heavy atom. The first kappa shape index (κ1) is 57.5. The SMILES string of the molecule is C=CC(=O)N1CCN(c2nc(OC[C@@H]3C[C@H](N4CCN(CC5CCN(Cc6ccc(-n7c(C(=O)NCC)nnc7-c7cc(C(C)C)c(O)cc7O)cc6)CC5)CC4)CN3C)nc3c2CCN(c2cccc4cccc(Cl)c24)C3)C[C@@H]1CC#N. The zero-order chi connectivity index (χ0) is 57.9.